The van der Waals surface area contributed by atoms with Crippen molar-refractivity contribution in [1.82, 2.24) is 9.97 Å². The first-order valence-electron chi connectivity index (χ1n) is 16.1. The SMILES string of the molecule is CC(C)(C)Cc1ccnc(C(C)(C)C)c1.CC(C)(C)c1cccc(C(C)(C)C)c1.CC(C)(C)c1ccnc(C(C)(C)C)c1. The zero-order chi connectivity index (χ0) is 33.7. The molecule has 0 aliphatic carbocycles. The molecule has 0 amide bonds. The molecular weight excluding hydrogens is 520 g/mol. The Hall–Kier alpha value is -2.48. The fourth-order valence-electron chi connectivity index (χ4n) is 4.37. The number of hydrogen-bond acceptors (Lipinski definition) is 2. The number of rotatable bonds is 1. The van der Waals surface area contributed by atoms with Gasteiger partial charge in [0.1, 0.15) is 0 Å². The molecule has 0 radical (unpaired) electrons. The smallest absolute Gasteiger partial charge is 0.0459 e. The molecule has 0 saturated heterocycles. The lowest BCUT2D eigenvalue weighted by Crippen LogP contribution is -2.17. The van der Waals surface area contributed by atoms with E-state index >= 15 is 0 Å². The second-order valence-electron chi connectivity index (χ2n) is 18.5. The Morgan fingerprint density at radius 3 is 1.16 bits per heavy atom. The molecule has 0 atom stereocenters. The minimum absolute atomic E-state index is 0.140. The second kappa shape index (κ2) is 14.1. The summed E-state index contributed by atoms with van der Waals surface area (Å²) in [4.78, 5) is 8.86. The number of pyridine rings is 2. The van der Waals surface area contributed by atoms with Gasteiger partial charge in [0.15, 0.2) is 0 Å². The topological polar surface area (TPSA) is 25.8 Å². The highest BCUT2D eigenvalue weighted by Gasteiger charge is 2.21. The Labute approximate surface area is 267 Å². The third-order valence-electron chi connectivity index (χ3n) is 7.32. The fourth-order valence-corrected chi connectivity index (χ4v) is 4.37. The monoisotopic (exact) mass is 587 g/mol. The van der Waals surface area contributed by atoms with Crippen molar-refractivity contribution >= 4 is 0 Å². The Morgan fingerprint density at radius 1 is 0.419 bits per heavy atom. The van der Waals surface area contributed by atoms with E-state index in [9.17, 15) is 0 Å². The molecule has 0 N–H and O–H groups in total. The highest BCUT2D eigenvalue weighted by Crippen LogP contribution is 2.29. The molecule has 2 heterocycles. The minimum atomic E-state index is 0.140. The van der Waals surface area contributed by atoms with E-state index < -0.39 is 0 Å². The predicted molar refractivity (Wildman–Crippen MR) is 192 cm³/mol. The van der Waals surface area contributed by atoms with E-state index in [0.29, 0.717) is 5.41 Å². The van der Waals surface area contributed by atoms with Crippen LogP contribution in [0.5, 0.6) is 0 Å². The van der Waals surface area contributed by atoms with Crippen LogP contribution in [-0.2, 0) is 33.5 Å². The molecule has 2 nitrogen and oxygen atoms in total. The van der Waals surface area contributed by atoms with E-state index in [2.05, 4.69) is 183 Å². The summed E-state index contributed by atoms with van der Waals surface area (Å²) in [6.45, 7) is 40.3. The second-order valence-corrected chi connectivity index (χ2v) is 18.5. The molecule has 0 unspecified atom stereocenters. The molecule has 0 saturated carbocycles. The van der Waals surface area contributed by atoms with Gasteiger partial charge in [-0.3, -0.25) is 9.97 Å². The summed E-state index contributed by atoms with van der Waals surface area (Å²) in [6.07, 6.45) is 4.96. The van der Waals surface area contributed by atoms with E-state index in [-0.39, 0.29) is 27.1 Å². The van der Waals surface area contributed by atoms with Gasteiger partial charge in [-0.25, -0.2) is 0 Å². The van der Waals surface area contributed by atoms with Crippen molar-refractivity contribution in [3.63, 3.8) is 0 Å². The van der Waals surface area contributed by atoms with E-state index in [1.165, 1.54) is 33.6 Å². The van der Waals surface area contributed by atoms with Crippen molar-refractivity contribution in [3.05, 3.63) is 94.6 Å². The molecule has 0 fully saturated rings. The molecule has 2 aromatic heterocycles. The van der Waals surface area contributed by atoms with Gasteiger partial charge >= 0.3 is 0 Å². The molecule has 1 aromatic carbocycles. The summed E-state index contributed by atoms with van der Waals surface area (Å²) in [5, 5.41) is 0. The molecule has 0 aliphatic rings. The molecule has 0 bridgehead atoms. The van der Waals surface area contributed by atoms with Crippen molar-refractivity contribution in [2.24, 2.45) is 5.41 Å². The highest BCUT2D eigenvalue weighted by atomic mass is 14.7. The first-order chi connectivity index (χ1) is 19.1. The Balaban J connectivity index is 0.000000323. The van der Waals surface area contributed by atoms with Crippen molar-refractivity contribution in [3.8, 4) is 0 Å². The molecule has 0 aliphatic heterocycles. The van der Waals surface area contributed by atoms with Gasteiger partial charge in [-0.1, -0.05) is 149 Å². The summed E-state index contributed by atoms with van der Waals surface area (Å²) in [5.74, 6) is 0. The van der Waals surface area contributed by atoms with Crippen LogP contribution < -0.4 is 0 Å². The van der Waals surface area contributed by atoms with Crippen molar-refractivity contribution in [2.75, 3.05) is 0 Å². The first-order valence-corrected chi connectivity index (χ1v) is 16.1. The number of hydrogen-bond donors (Lipinski definition) is 0. The largest absolute Gasteiger partial charge is 0.261 e. The van der Waals surface area contributed by atoms with Gasteiger partial charge in [-0.2, -0.15) is 0 Å². The lowest BCUT2D eigenvalue weighted by Gasteiger charge is -2.24. The zero-order valence-corrected chi connectivity index (χ0v) is 31.4. The van der Waals surface area contributed by atoms with Gasteiger partial charge in [0.25, 0.3) is 0 Å². The number of nitrogens with zero attached hydrogens (tertiary/aromatic N) is 2. The molecule has 43 heavy (non-hydrogen) atoms. The molecule has 2 heteroatoms. The van der Waals surface area contributed by atoms with E-state index in [1.54, 1.807) is 0 Å². The van der Waals surface area contributed by atoms with Gasteiger partial charge < -0.3 is 0 Å². The van der Waals surface area contributed by atoms with Gasteiger partial charge in [0.05, 0.1) is 0 Å². The maximum atomic E-state index is 4.44. The van der Waals surface area contributed by atoms with E-state index in [1.807, 2.05) is 12.4 Å². The summed E-state index contributed by atoms with van der Waals surface area (Å²) in [6, 6.07) is 17.6. The van der Waals surface area contributed by atoms with Crippen molar-refractivity contribution in [2.45, 2.75) is 158 Å². The quantitative estimate of drug-likeness (QED) is 0.283. The third kappa shape index (κ3) is 14.2. The van der Waals surface area contributed by atoms with Crippen LogP contribution in [0.4, 0.5) is 0 Å². The Kier molecular flexibility index (Phi) is 12.6. The van der Waals surface area contributed by atoms with Crippen LogP contribution in [0.25, 0.3) is 0 Å². The van der Waals surface area contributed by atoms with Crippen LogP contribution >= 0.6 is 0 Å². The average Bonchev–Trinajstić information content (AvgIpc) is 2.82. The van der Waals surface area contributed by atoms with Gasteiger partial charge in [0, 0.05) is 34.6 Å². The molecule has 0 spiro atoms. The van der Waals surface area contributed by atoms with Crippen LogP contribution in [0, 0.1) is 5.41 Å². The number of aromatic nitrogens is 2. The van der Waals surface area contributed by atoms with Gasteiger partial charge in [-0.05, 0) is 74.6 Å². The van der Waals surface area contributed by atoms with E-state index in [4.69, 9.17) is 0 Å². The average molecular weight is 587 g/mol. The minimum Gasteiger partial charge on any atom is -0.261 e. The lowest BCUT2D eigenvalue weighted by atomic mass is 9.81. The zero-order valence-electron chi connectivity index (χ0n) is 31.4. The standard InChI is InChI=1S/C14H23N.C14H22.C13H21N/c1-13(2,3)10-11-7-8-15-12(9-11)14(4,5)6;1-13(2,3)11-8-7-9-12(10-11)14(4,5)6;1-12(2,3)10-7-8-14-11(9-10)13(4,5)6/h7-9H,10H2,1-6H3;7-10H,1-6H3;7-9H,1-6H3. The van der Waals surface area contributed by atoms with Crippen LogP contribution in [0.1, 0.15) is 158 Å². The molecule has 3 rings (SSSR count). The predicted octanol–water partition coefficient (Wildman–Crippen LogP) is 11.9. The van der Waals surface area contributed by atoms with Crippen LogP contribution in [-0.4, -0.2) is 9.97 Å². The summed E-state index contributed by atoms with van der Waals surface area (Å²) in [5.41, 5.74) is 9.29. The van der Waals surface area contributed by atoms with Crippen molar-refractivity contribution in [1.29, 1.82) is 0 Å². The first kappa shape index (κ1) is 38.5. The van der Waals surface area contributed by atoms with Crippen LogP contribution in [0.3, 0.4) is 0 Å². The van der Waals surface area contributed by atoms with Crippen LogP contribution in [0.15, 0.2) is 60.9 Å². The van der Waals surface area contributed by atoms with Gasteiger partial charge in [-0.15, -0.1) is 0 Å². The summed E-state index contributed by atoms with van der Waals surface area (Å²) < 4.78 is 0. The maximum Gasteiger partial charge on any atom is 0.0459 e. The molecule has 240 valence electrons. The van der Waals surface area contributed by atoms with Gasteiger partial charge in [0.2, 0.25) is 0 Å². The Bertz CT molecular complexity index is 1150. The highest BCUT2D eigenvalue weighted by molar-refractivity contribution is 5.32. The molecular formula is C41H66N2. The lowest BCUT2D eigenvalue weighted by molar-refractivity contribution is 0.410. The van der Waals surface area contributed by atoms with E-state index in [0.717, 1.165) is 6.42 Å². The normalized spacial score (nSPS) is 13.0. The summed E-state index contributed by atoms with van der Waals surface area (Å²) >= 11 is 0. The Morgan fingerprint density at radius 2 is 0.791 bits per heavy atom. The maximum absolute atomic E-state index is 4.44. The third-order valence-corrected chi connectivity index (χ3v) is 7.32. The van der Waals surface area contributed by atoms with Crippen molar-refractivity contribution < 1.29 is 0 Å². The van der Waals surface area contributed by atoms with Crippen LogP contribution in [0.2, 0.25) is 0 Å². The fraction of sp³-hybridized carbons (Fsp3) is 0.610. The summed E-state index contributed by atoms with van der Waals surface area (Å²) in [7, 11) is 0. The number of benzene rings is 1. The molecule has 3 aromatic rings.